The van der Waals surface area contributed by atoms with Crippen molar-refractivity contribution in [3.8, 4) is 0 Å². The number of phosphoric acid groups is 3. The van der Waals surface area contributed by atoms with Crippen molar-refractivity contribution in [2.75, 3.05) is 12.3 Å². The van der Waals surface area contributed by atoms with Crippen LogP contribution < -0.4 is 25.3 Å². The number of nitrogens with two attached hydrogens (primary N) is 1. The van der Waals surface area contributed by atoms with Crippen LogP contribution in [0.4, 0.5) is 5.82 Å². The number of fused-ring (bicyclic) bond motifs is 1. The van der Waals surface area contributed by atoms with Gasteiger partial charge >= 0.3 is 11.0 Å². The summed E-state index contributed by atoms with van der Waals surface area (Å²) in [5, 5.41) is 20.3. The summed E-state index contributed by atoms with van der Waals surface area (Å²) in [5.74, 6) is 0.0195. The molecule has 33 heavy (non-hydrogen) atoms. The molecule has 2 aromatic heterocycles. The number of nitrogen functional groups attached to an aromatic ring is 1. The van der Waals surface area contributed by atoms with E-state index in [2.05, 4.69) is 28.1 Å². The number of aliphatic hydroxyl groups is 2. The summed E-state index contributed by atoms with van der Waals surface area (Å²) in [6.45, 7) is -1.08. The van der Waals surface area contributed by atoms with Gasteiger partial charge in [0.25, 0.3) is 15.6 Å². The second kappa shape index (κ2) is 10.4. The lowest BCUT2D eigenvalue weighted by molar-refractivity contribution is -0.339. The molecule has 1 aliphatic rings. The van der Waals surface area contributed by atoms with Crippen LogP contribution in [0.3, 0.4) is 0 Å². The molecule has 6 atom stereocenters. The van der Waals surface area contributed by atoms with E-state index in [0.717, 1.165) is 12.7 Å². The van der Waals surface area contributed by atoms with Crippen LogP contribution in [0, 0.1) is 0 Å². The number of aliphatic hydroxyl groups excluding tert-OH is 2. The third-order valence-corrected chi connectivity index (χ3v) is 7.46. The number of imidazole rings is 1. The van der Waals surface area contributed by atoms with Gasteiger partial charge in [-0.3, -0.25) is 18.0 Å². The van der Waals surface area contributed by atoms with Crippen LogP contribution in [0.5, 0.6) is 0 Å². The third kappa shape index (κ3) is 7.03. The number of hydrogen-bond donors (Lipinski definition) is 3. The smallest absolute Gasteiger partial charge is 0.790 e. The topological polar surface area (TPSA) is 347 Å². The lowest BCUT2D eigenvalue weighted by atomic mass is 10.1. The Morgan fingerprint density at radius 3 is 2.27 bits per heavy atom. The predicted molar refractivity (Wildman–Crippen MR) is 88.0 cm³/mol. The number of anilines is 1. The van der Waals surface area contributed by atoms with Gasteiger partial charge in [-0.05, 0) is 0 Å². The van der Waals surface area contributed by atoms with Crippen molar-refractivity contribution >= 4 is 40.4 Å². The first-order valence-electron chi connectivity index (χ1n) is 7.85. The Balaban J connectivity index is 0.00000272. The number of nitrogens with zero attached hydrogens (tertiary/aromatic N) is 4. The molecule has 3 heterocycles. The molecule has 3 rings (SSSR count). The second-order valence-corrected chi connectivity index (χ2v) is 10.2. The van der Waals surface area contributed by atoms with Gasteiger partial charge in [0, 0.05) is 0 Å². The molecule has 23 heteroatoms. The summed E-state index contributed by atoms with van der Waals surface area (Å²) >= 11 is 0. The van der Waals surface area contributed by atoms with Crippen LogP contribution in [-0.4, -0.2) is 54.7 Å². The summed E-state index contributed by atoms with van der Waals surface area (Å²) in [5.41, 5.74) is 5.92. The quantitative estimate of drug-likeness (QED) is 0.268. The predicted octanol–water partition coefficient (Wildman–Crippen LogP) is -4.39. The number of phosphoric ester groups is 1. The molecule has 1 saturated heterocycles. The maximum absolute atomic E-state index is 11.6. The Hall–Kier alpha value is -1.44. The van der Waals surface area contributed by atoms with Gasteiger partial charge in [0.2, 0.25) is 0 Å². The van der Waals surface area contributed by atoms with Crippen molar-refractivity contribution in [1.82, 2.24) is 19.5 Å². The van der Waals surface area contributed by atoms with Crippen molar-refractivity contribution in [3.05, 3.63) is 12.7 Å². The van der Waals surface area contributed by atoms with E-state index in [4.69, 9.17) is 10.5 Å². The van der Waals surface area contributed by atoms with Gasteiger partial charge in [-0.2, -0.15) is 0 Å². The zero-order valence-corrected chi connectivity index (χ0v) is 18.3. The van der Waals surface area contributed by atoms with E-state index in [1.54, 1.807) is 0 Å². The van der Waals surface area contributed by atoms with Crippen LogP contribution in [0.2, 0.25) is 0 Å². The molecule has 0 aromatic carbocycles. The Kier molecular flexibility index (Phi) is 9.37. The molecule has 1 aliphatic heterocycles. The van der Waals surface area contributed by atoms with Crippen molar-refractivity contribution in [3.63, 3.8) is 0 Å². The summed E-state index contributed by atoms with van der Waals surface area (Å²) in [6.07, 6.45) is -3.99. The zero-order chi connectivity index (χ0) is 23.2. The van der Waals surface area contributed by atoms with Crippen molar-refractivity contribution in [2.24, 2.45) is 0 Å². The Labute approximate surface area is 182 Å². The average molecular weight is 535 g/mol. The molecule has 8 radical (unpaired) electrons. The lowest BCUT2D eigenvalue weighted by Gasteiger charge is -2.37. The molecule has 0 amide bonds. The summed E-state index contributed by atoms with van der Waals surface area (Å²) in [6, 6.07) is 0. The Bertz CT molecular complexity index is 1110. The Morgan fingerprint density at radius 1 is 1.03 bits per heavy atom. The highest BCUT2D eigenvalue weighted by Gasteiger charge is 2.45. The van der Waals surface area contributed by atoms with Crippen LogP contribution in [-0.2, 0) is 42.5 Å². The highest BCUT2D eigenvalue weighted by atomic mass is 31.3. The summed E-state index contributed by atoms with van der Waals surface area (Å²) in [4.78, 5) is 54.9. The van der Waals surface area contributed by atoms with Crippen molar-refractivity contribution < 1.29 is 72.3 Å². The first kappa shape index (κ1) is 29.6. The van der Waals surface area contributed by atoms with Gasteiger partial charge in [-0.1, -0.05) is 0 Å². The summed E-state index contributed by atoms with van der Waals surface area (Å²) in [7, 11) is -18.1. The fourth-order valence-electron chi connectivity index (χ4n) is 2.60. The van der Waals surface area contributed by atoms with Crippen LogP contribution >= 0.6 is 23.5 Å². The van der Waals surface area contributed by atoms with Gasteiger partial charge in [-0.15, -0.1) is 0 Å². The van der Waals surface area contributed by atoms with E-state index in [0.29, 0.717) is 0 Å². The van der Waals surface area contributed by atoms with Gasteiger partial charge in [0.1, 0.15) is 30.2 Å². The fraction of sp³-hybridized carbons (Fsp3) is 0.500. The Morgan fingerprint density at radius 2 is 1.67 bits per heavy atom. The number of hydrogen-bond acceptors (Lipinski definition) is 17. The van der Waals surface area contributed by atoms with E-state index in [1.807, 2.05) is 0 Å². The van der Waals surface area contributed by atoms with Gasteiger partial charge in [-0.25, -0.2) is 19.3 Å². The third-order valence-electron chi connectivity index (χ3n) is 3.80. The standard InChI is InChI=1S/C10H16N5O13P3.2O/c11-8-5-9(13-2-12-8)15(3-14-5)10-7(17)6(16)4(26-10)1-25-30(21,22)28-31(23,24)27-29(18,19)20;;/h2-4,6-7,10,16-17H,1H2,(H,21,22)(H,23,24)(H2,11,12,13)(H2,18,19,20);;/q;2*+2/p-4/t4-,6-,7-,10-;;/m1../s1. The number of rotatable bonds is 8. The minimum absolute atomic E-state index is 0. The SMILES string of the molecule is Nc1ncnc2c1ncn2[C@@H]1O[C@H](COP(=O)([O-])OP(=O)([O-])OP(=O)([O-])[O-])[C@@H](O)[C@H]1O.[O+2].[O+2]. The van der Waals surface area contributed by atoms with Crippen LogP contribution in [0.15, 0.2) is 12.7 Å². The molecule has 4 N–H and O–H groups in total. The fourth-order valence-corrected chi connectivity index (χ4v) is 5.47. The first-order chi connectivity index (χ1) is 14.2. The normalized spacial score (nSPS) is 26.7. The molecule has 0 bridgehead atoms. The maximum Gasteiger partial charge on any atom is 2.00 e. The zero-order valence-electron chi connectivity index (χ0n) is 15.6. The maximum atomic E-state index is 11.6. The molecule has 0 saturated carbocycles. The van der Waals surface area contributed by atoms with E-state index in [1.165, 1.54) is 4.57 Å². The van der Waals surface area contributed by atoms with E-state index < -0.39 is 54.6 Å². The average Bonchev–Trinajstić information content (AvgIpc) is 3.13. The molecule has 0 aliphatic carbocycles. The molecule has 0 spiro atoms. The van der Waals surface area contributed by atoms with E-state index >= 15 is 0 Å². The van der Waals surface area contributed by atoms with E-state index in [-0.39, 0.29) is 27.9 Å². The number of aromatic nitrogens is 4. The van der Waals surface area contributed by atoms with Crippen LogP contribution in [0.25, 0.3) is 11.2 Å². The molecular weight excluding hydrogens is 523 g/mol. The molecular formula is C10H12N5O15P3. The van der Waals surface area contributed by atoms with E-state index in [9.17, 15) is 43.5 Å². The van der Waals surface area contributed by atoms with Crippen LogP contribution in [0.1, 0.15) is 6.23 Å². The molecule has 20 nitrogen and oxygen atoms in total. The molecule has 1 fully saturated rings. The highest BCUT2D eigenvalue weighted by Crippen LogP contribution is 2.60. The van der Waals surface area contributed by atoms with Crippen molar-refractivity contribution in [2.45, 2.75) is 24.5 Å². The molecule has 182 valence electrons. The minimum atomic E-state index is -6.14. The van der Waals surface area contributed by atoms with Gasteiger partial charge < -0.3 is 49.3 Å². The highest BCUT2D eigenvalue weighted by molar-refractivity contribution is 7.64. The second-order valence-electron chi connectivity index (χ2n) is 5.93. The van der Waals surface area contributed by atoms with Gasteiger partial charge in [0.15, 0.2) is 17.7 Å². The monoisotopic (exact) mass is 535 g/mol. The van der Waals surface area contributed by atoms with Gasteiger partial charge in [0.05, 0.1) is 20.8 Å². The largest absolute Gasteiger partial charge is 2.00 e. The summed E-state index contributed by atoms with van der Waals surface area (Å²) < 4.78 is 50.2. The molecule has 2 unspecified atom stereocenters. The first-order valence-corrected chi connectivity index (χ1v) is 12.2. The minimum Gasteiger partial charge on any atom is -0.790 e. The lowest BCUT2D eigenvalue weighted by Crippen LogP contribution is -2.34. The molecule has 2 aromatic rings. The number of ether oxygens (including phenoxy) is 1. The van der Waals surface area contributed by atoms with Crippen molar-refractivity contribution in [1.29, 1.82) is 0 Å².